The SMILES string of the molecule is CCC(C)N1CC(C2CCCCC2)NCC12CCCC2. The van der Waals surface area contributed by atoms with Crippen LogP contribution < -0.4 is 5.32 Å². The van der Waals surface area contributed by atoms with E-state index in [1.165, 1.54) is 77.3 Å². The third kappa shape index (κ3) is 2.78. The molecule has 0 aromatic heterocycles. The van der Waals surface area contributed by atoms with Crippen LogP contribution in [-0.2, 0) is 0 Å². The van der Waals surface area contributed by atoms with Gasteiger partial charge >= 0.3 is 0 Å². The van der Waals surface area contributed by atoms with Crippen molar-refractivity contribution in [2.45, 2.75) is 95.7 Å². The lowest BCUT2D eigenvalue weighted by Gasteiger charge is -2.52. The standard InChI is InChI=1S/C18H34N2/c1-3-15(2)20-13-17(16-9-5-4-6-10-16)19-14-18(20)11-7-8-12-18/h15-17,19H,3-14H2,1-2H3. The zero-order valence-corrected chi connectivity index (χ0v) is 13.7. The molecule has 0 aromatic rings. The molecule has 3 rings (SSSR count). The van der Waals surface area contributed by atoms with Crippen molar-refractivity contribution in [3.05, 3.63) is 0 Å². The Hall–Kier alpha value is -0.0800. The molecule has 0 bridgehead atoms. The fraction of sp³-hybridized carbons (Fsp3) is 1.00. The van der Waals surface area contributed by atoms with Crippen LogP contribution in [0.1, 0.15) is 78.1 Å². The zero-order chi connectivity index (χ0) is 14.0. The van der Waals surface area contributed by atoms with Crippen molar-refractivity contribution < 1.29 is 0 Å². The van der Waals surface area contributed by atoms with Crippen molar-refractivity contribution >= 4 is 0 Å². The summed E-state index contributed by atoms with van der Waals surface area (Å²) in [5.74, 6) is 0.953. The minimum absolute atomic E-state index is 0.514. The maximum atomic E-state index is 3.99. The first-order valence-corrected chi connectivity index (χ1v) is 9.25. The third-order valence-corrected chi connectivity index (χ3v) is 6.57. The third-order valence-electron chi connectivity index (χ3n) is 6.57. The molecule has 2 unspecified atom stereocenters. The van der Waals surface area contributed by atoms with E-state index >= 15 is 0 Å². The predicted octanol–water partition coefficient (Wildman–Crippen LogP) is 3.95. The van der Waals surface area contributed by atoms with E-state index in [2.05, 4.69) is 24.1 Å². The van der Waals surface area contributed by atoms with Gasteiger partial charge in [-0.1, -0.05) is 39.0 Å². The van der Waals surface area contributed by atoms with Gasteiger partial charge in [0.2, 0.25) is 0 Å². The molecular weight excluding hydrogens is 244 g/mol. The summed E-state index contributed by atoms with van der Waals surface area (Å²) in [5.41, 5.74) is 0.514. The number of rotatable bonds is 3. The highest BCUT2D eigenvalue weighted by Crippen LogP contribution is 2.40. The summed E-state index contributed by atoms with van der Waals surface area (Å²) < 4.78 is 0. The number of piperazine rings is 1. The van der Waals surface area contributed by atoms with Crippen LogP contribution in [0, 0.1) is 5.92 Å². The lowest BCUT2D eigenvalue weighted by molar-refractivity contribution is -0.00517. The van der Waals surface area contributed by atoms with E-state index in [9.17, 15) is 0 Å². The van der Waals surface area contributed by atoms with Crippen LogP contribution in [0.25, 0.3) is 0 Å². The van der Waals surface area contributed by atoms with E-state index in [1.807, 2.05) is 0 Å². The van der Waals surface area contributed by atoms with Crippen molar-refractivity contribution in [1.29, 1.82) is 0 Å². The maximum Gasteiger partial charge on any atom is 0.0337 e. The predicted molar refractivity (Wildman–Crippen MR) is 86.0 cm³/mol. The second kappa shape index (κ2) is 6.36. The molecule has 1 saturated heterocycles. The average Bonchev–Trinajstić information content (AvgIpc) is 2.97. The molecule has 20 heavy (non-hydrogen) atoms. The molecule has 2 atom stereocenters. The normalized spacial score (nSPS) is 33.6. The van der Waals surface area contributed by atoms with Crippen LogP contribution in [0.3, 0.4) is 0 Å². The van der Waals surface area contributed by atoms with Gasteiger partial charge in [-0.25, -0.2) is 0 Å². The van der Waals surface area contributed by atoms with E-state index in [-0.39, 0.29) is 0 Å². The lowest BCUT2D eigenvalue weighted by atomic mass is 9.80. The van der Waals surface area contributed by atoms with Crippen LogP contribution in [0.5, 0.6) is 0 Å². The zero-order valence-electron chi connectivity index (χ0n) is 13.7. The molecule has 1 heterocycles. The minimum atomic E-state index is 0.514. The Balaban J connectivity index is 1.70. The number of nitrogens with one attached hydrogen (secondary N) is 1. The molecule has 2 nitrogen and oxygen atoms in total. The summed E-state index contributed by atoms with van der Waals surface area (Å²) in [7, 11) is 0. The van der Waals surface area contributed by atoms with E-state index in [4.69, 9.17) is 0 Å². The number of nitrogens with zero attached hydrogens (tertiary/aromatic N) is 1. The summed E-state index contributed by atoms with van der Waals surface area (Å²) in [6.07, 6.45) is 14.4. The van der Waals surface area contributed by atoms with Crippen LogP contribution in [0.15, 0.2) is 0 Å². The molecule has 1 spiro atoms. The second-order valence-corrected chi connectivity index (χ2v) is 7.73. The van der Waals surface area contributed by atoms with Gasteiger partial charge in [0.05, 0.1) is 0 Å². The van der Waals surface area contributed by atoms with Gasteiger partial charge in [0.25, 0.3) is 0 Å². The highest BCUT2D eigenvalue weighted by molar-refractivity contribution is 5.04. The van der Waals surface area contributed by atoms with Gasteiger partial charge < -0.3 is 5.32 Å². The molecule has 0 aromatic carbocycles. The fourth-order valence-corrected chi connectivity index (χ4v) is 5.11. The lowest BCUT2D eigenvalue weighted by Crippen LogP contribution is -2.67. The van der Waals surface area contributed by atoms with E-state index in [1.54, 1.807) is 0 Å². The van der Waals surface area contributed by atoms with Gasteiger partial charge in [-0.3, -0.25) is 4.90 Å². The van der Waals surface area contributed by atoms with Crippen molar-refractivity contribution in [1.82, 2.24) is 10.2 Å². The fourth-order valence-electron chi connectivity index (χ4n) is 5.11. The van der Waals surface area contributed by atoms with Gasteiger partial charge in [0.15, 0.2) is 0 Å². The van der Waals surface area contributed by atoms with E-state index in [0.29, 0.717) is 5.54 Å². The van der Waals surface area contributed by atoms with Gasteiger partial charge in [-0.05, 0) is 44.9 Å². The Labute approximate surface area is 125 Å². The van der Waals surface area contributed by atoms with Crippen LogP contribution in [0.4, 0.5) is 0 Å². The van der Waals surface area contributed by atoms with Gasteiger partial charge in [-0.2, -0.15) is 0 Å². The Bertz CT molecular complexity index is 303. The monoisotopic (exact) mass is 278 g/mol. The summed E-state index contributed by atoms with van der Waals surface area (Å²) in [6, 6.07) is 1.54. The summed E-state index contributed by atoms with van der Waals surface area (Å²) in [4.78, 5) is 2.93. The van der Waals surface area contributed by atoms with Crippen molar-refractivity contribution in [3.8, 4) is 0 Å². The maximum absolute atomic E-state index is 3.99. The second-order valence-electron chi connectivity index (χ2n) is 7.73. The Morgan fingerprint density at radius 2 is 1.80 bits per heavy atom. The number of hydrogen-bond donors (Lipinski definition) is 1. The van der Waals surface area contributed by atoms with Gasteiger partial charge in [0.1, 0.15) is 0 Å². The first-order valence-electron chi connectivity index (χ1n) is 9.25. The first kappa shape index (κ1) is 14.8. The largest absolute Gasteiger partial charge is 0.311 e. The van der Waals surface area contributed by atoms with Gasteiger partial charge in [-0.15, -0.1) is 0 Å². The molecule has 3 fully saturated rings. The first-order chi connectivity index (χ1) is 9.75. The average molecular weight is 278 g/mol. The molecule has 0 amide bonds. The number of hydrogen-bond acceptors (Lipinski definition) is 2. The Morgan fingerprint density at radius 1 is 1.10 bits per heavy atom. The molecule has 2 heteroatoms. The quantitative estimate of drug-likeness (QED) is 0.841. The molecule has 116 valence electrons. The molecule has 1 aliphatic heterocycles. The highest BCUT2D eigenvalue weighted by Gasteiger charge is 2.46. The van der Waals surface area contributed by atoms with Crippen LogP contribution in [-0.4, -0.2) is 35.6 Å². The summed E-state index contributed by atoms with van der Waals surface area (Å²) >= 11 is 0. The highest BCUT2D eigenvalue weighted by atomic mass is 15.3. The topological polar surface area (TPSA) is 15.3 Å². The van der Waals surface area contributed by atoms with Crippen molar-refractivity contribution in [2.24, 2.45) is 5.92 Å². The molecule has 0 radical (unpaired) electrons. The minimum Gasteiger partial charge on any atom is -0.311 e. The van der Waals surface area contributed by atoms with Crippen molar-refractivity contribution in [3.63, 3.8) is 0 Å². The van der Waals surface area contributed by atoms with Crippen molar-refractivity contribution in [2.75, 3.05) is 13.1 Å². The molecule has 1 N–H and O–H groups in total. The van der Waals surface area contributed by atoms with Gasteiger partial charge in [0, 0.05) is 30.7 Å². The molecule has 2 saturated carbocycles. The van der Waals surface area contributed by atoms with E-state index in [0.717, 1.165) is 18.0 Å². The van der Waals surface area contributed by atoms with E-state index < -0.39 is 0 Å². The van der Waals surface area contributed by atoms with Crippen LogP contribution in [0.2, 0.25) is 0 Å². The molecule has 3 aliphatic rings. The Kier molecular flexibility index (Phi) is 4.72. The smallest absolute Gasteiger partial charge is 0.0337 e. The van der Waals surface area contributed by atoms with Crippen LogP contribution >= 0.6 is 0 Å². The molecular formula is C18H34N2. The Morgan fingerprint density at radius 3 is 2.45 bits per heavy atom. The summed E-state index contributed by atoms with van der Waals surface area (Å²) in [5, 5.41) is 3.99. The summed E-state index contributed by atoms with van der Waals surface area (Å²) in [6.45, 7) is 7.41. The molecule has 2 aliphatic carbocycles.